The standard InChI is InChI=1S/C16H22BrN3/c1-4-20-16(8-12(2)19-20)11-15(18-3)10-13-6-5-7-14(17)9-13/h5-9,15,18H,4,10-11H2,1-3H3. The molecule has 0 amide bonds. The van der Waals surface area contributed by atoms with Crippen molar-refractivity contribution < 1.29 is 0 Å². The van der Waals surface area contributed by atoms with E-state index in [1.54, 1.807) is 0 Å². The number of nitrogens with zero attached hydrogens (tertiary/aromatic N) is 2. The van der Waals surface area contributed by atoms with Crippen LogP contribution in [0.4, 0.5) is 0 Å². The number of benzene rings is 1. The Kier molecular flexibility index (Phi) is 5.38. The predicted octanol–water partition coefficient (Wildman–Crippen LogP) is 3.35. The number of halogens is 1. The molecule has 1 aromatic heterocycles. The minimum Gasteiger partial charge on any atom is -0.316 e. The van der Waals surface area contributed by atoms with Gasteiger partial charge in [-0.1, -0.05) is 28.1 Å². The maximum absolute atomic E-state index is 4.52. The average molecular weight is 336 g/mol. The fourth-order valence-electron chi connectivity index (χ4n) is 2.51. The van der Waals surface area contributed by atoms with Gasteiger partial charge in [-0.2, -0.15) is 5.10 Å². The molecule has 0 aliphatic carbocycles. The van der Waals surface area contributed by atoms with Gasteiger partial charge in [0.2, 0.25) is 0 Å². The summed E-state index contributed by atoms with van der Waals surface area (Å²) < 4.78 is 3.24. The van der Waals surface area contributed by atoms with E-state index in [4.69, 9.17) is 0 Å². The van der Waals surface area contributed by atoms with Crippen molar-refractivity contribution in [3.63, 3.8) is 0 Å². The van der Waals surface area contributed by atoms with E-state index < -0.39 is 0 Å². The van der Waals surface area contributed by atoms with Gasteiger partial charge in [0, 0.05) is 29.2 Å². The highest BCUT2D eigenvalue weighted by molar-refractivity contribution is 9.10. The minimum absolute atomic E-state index is 0.422. The van der Waals surface area contributed by atoms with Gasteiger partial charge in [0.25, 0.3) is 0 Å². The van der Waals surface area contributed by atoms with Crippen LogP contribution in [0.3, 0.4) is 0 Å². The number of rotatable bonds is 6. The first-order chi connectivity index (χ1) is 9.62. The Balaban J connectivity index is 2.08. The molecule has 0 aliphatic heterocycles. The first-order valence-electron chi connectivity index (χ1n) is 7.07. The summed E-state index contributed by atoms with van der Waals surface area (Å²) >= 11 is 3.53. The van der Waals surface area contributed by atoms with Crippen LogP contribution in [0.1, 0.15) is 23.9 Å². The number of likely N-dealkylation sites (N-methyl/N-ethyl adjacent to an activating group) is 1. The highest BCUT2D eigenvalue weighted by Gasteiger charge is 2.12. The third kappa shape index (κ3) is 3.93. The molecule has 2 aromatic rings. The van der Waals surface area contributed by atoms with Crippen LogP contribution in [-0.4, -0.2) is 22.9 Å². The molecule has 3 nitrogen and oxygen atoms in total. The second-order valence-corrected chi connectivity index (χ2v) is 6.03. The Morgan fingerprint density at radius 3 is 2.75 bits per heavy atom. The summed E-state index contributed by atoms with van der Waals surface area (Å²) in [6.07, 6.45) is 2.02. The second kappa shape index (κ2) is 7.04. The molecule has 0 radical (unpaired) electrons. The van der Waals surface area contributed by atoms with Crippen LogP contribution < -0.4 is 5.32 Å². The molecule has 20 heavy (non-hydrogen) atoms. The van der Waals surface area contributed by atoms with Crippen LogP contribution in [0.5, 0.6) is 0 Å². The van der Waals surface area contributed by atoms with Gasteiger partial charge in [0.05, 0.1) is 5.69 Å². The summed E-state index contributed by atoms with van der Waals surface area (Å²) in [5, 5.41) is 7.94. The van der Waals surface area contributed by atoms with Gasteiger partial charge in [0.1, 0.15) is 0 Å². The van der Waals surface area contributed by atoms with Crippen molar-refractivity contribution in [3.8, 4) is 0 Å². The zero-order chi connectivity index (χ0) is 14.5. The lowest BCUT2D eigenvalue weighted by atomic mass is 10.0. The van der Waals surface area contributed by atoms with Gasteiger partial charge in [-0.3, -0.25) is 4.68 Å². The Morgan fingerprint density at radius 2 is 2.10 bits per heavy atom. The lowest BCUT2D eigenvalue weighted by Crippen LogP contribution is -2.30. The fourth-order valence-corrected chi connectivity index (χ4v) is 2.96. The van der Waals surface area contributed by atoms with Gasteiger partial charge in [-0.25, -0.2) is 0 Å². The zero-order valence-corrected chi connectivity index (χ0v) is 13.9. The van der Waals surface area contributed by atoms with Crippen molar-refractivity contribution in [3.05, 3.63) is 51.8 Å². The first-order valence-corrected chi connectivity index (χ1v) is 7.86. The third-order valence-corrected chi connectivity index (χ3v) is 4.01. The van der Waals surface area contributed by atoms with Gasteiger partial charge < -0.3 is 5.32 Å². The van der Waals surface area contributed by atoms with E-state index in [0.717, 1.165) is 29.6 Å². The normalized spacial score (nSPS) is 12.6. The lowest BCUT2D eigenvalue weighted by Gasteiger charge is -2.17. The highest BCUT2D eigenvalue weighted by atomic mass is 79.9. The van der Waals surface area contributed by atoms with E-state index in [1.165, 1.54) is 11.3 Å². The van der Waals surface area contributed by atoms with Crippen molar-refractivity contribution in [2.45, 2.75) is 39.3 Å². The van der Waals surface area contributed by atoms with Crippen LogP contribution >= 0.6 is 15.9 Å². The molecule has 1 unspecified atom stereocenters. The van der Waals surface area contributed by atoms with Crippen molar-refractivity contribution in [1.29, 1.82) is 0 Å². The minimum atomic E-state index is 0.422. The van der Waals surface area contributed by atoms with Gasteiger partial charge >= 0.3 is 0 Å². The third-order valence-electron chi connectivity index (χ3n) is 3.52. The van der Waals surface area contributed by atoms with Crippen LogP contribution in [0.2, 0.25) is 0 Å². The molecule has 0 saturated carbocycles. The SMILES string of the molecule is CCn1nc(C)cc1CC(Cc1cccc(Br)c1)NC. The smallest absolute Gasteiger partial charge is 0.0596 e. The number of aromatic nitrogens is 2. The Morgan fingerprint density at radius 1 is 1.30 bits per heavy atom. The van der Waals surface area contributed by atoms with E-state index in [9.17, 15) is 0 Å². The number of aryl methyl sites for hydroxylation is 2. The molecule has 1 heterocycles. The Bertz CT molecular complexity index is 563. The van der Waals surface area contributed by atoms with Crippen LogP contribution in [0.25, 0.3) is 0 Å². The van der Waals surface area contributed by atoms with E-state index in [0.29, 0.717) is 6.04 Å². The topological polar surface area (TPSA) is 29.9 Å². The number of nitrogens with one attached hydrogen (secondary N) is 1. The average Bonchev–Trinajstić information content (AvgIpc) is 2.78. The van der Waals surface area contributed by atoms with Crippen LogP contribution in [-0.2, 0) is 19.4 Å². The summed E-state index contributed by atoms with van der Waals surface area (Å²) in [4.78, 5) is 0. The first kappa shape index (κ1) is 15.3. The van der Waals surface area contributed by atoms with Crippen molar-refractivity contribution in [2.75, 3.05) is 7.05 Å². The predicted molar refractivity (Wildman–Crippen MR) is 87.0 cm³/mol. The summed E-state index contributed by atoms with van der Waals surface area (Å²) in [6, 6.07) is 11.1. The van der Waals surface area contributed by atoms with E-state index in [2.05, 4.69) is 75.2 Å². The van der Waals surface area contributed by atoms with Crippen LogP contribution in [0, 0.1) is 6.92 Å². The Hall–Kier alpha value is -1.13. The molecule has 1 atom stereocenters. The monoisotopic (exact) mass is 335 g/mol. The van der Waals surface area contributed by atoms with Crippen molar-refractivity contribution in [1.82, 2.24) is 15.1 Å². The van der Waals surface area contributed by atoms with Gasteiger partial charge in [-0.05, 0) is 51.1 Å². The molecular formula is C16H22BrN3. The van der Waals surface area contributed by atoms with Crippen molar-refractivity contribution in [2.24, 2.45) is 0 Å². The maximum Gasteiger partial charge on any atom is 0.0596 e. The molecule has 0 bridgehead atoms. The molecule has 0 aliphatic rings. The van der Waals surface area contributed by atoms with E-state index in [1.807, 2.05) is 7.05 Å². The fraction of sp³-hybridized carbons (Fsp3) is 0.438. The second-order valence-electron chi connectivity index (χ2n) is 5.12. The molecule has 0 spiro atoms. The molecule has 2 rings (SSSR count). The van der Waals surface area contributed by atoms with Gasteiger partial charge in [0.15, 0.2) is 0 Å². The molecule has 4 heteroatoms. The zero-order valence-electron chi connectivity index (χ0n) is 12.4. The summed E-state index contributed by atoms with van der Waals surface area (Å²) in [6.45, 7) is 5.12. The van der Waals surface area contributed by atoms with E-state index in [-0.39, 0.29) is 0 Å². The molecule has 0 fully saturated rings. The quantitative estimate of drug-likeness (QED) is 0.877. The summed E-state index contributed by atoms with van der Waals surface area (Å²) in [5.74, 6) is 0. The maximum atomic E-state index is 4.52. The van der Waals surface area contributed by atoms with Crippen LogP contribution in [0.15, 0.2) is 34.8 Å². The Labute approximate surface area is 129 Å². The van der Waals surface area contributed by atoms with E-state index >= 15 is 0 Å². The molecule has 0 saturated heterocycles. The molecular weight excluding hydrogens is 314 g/mol. The highest BCUT2D eigenvalue weighted by Crippen LogP contribution is 2.15. The molecule has 1 aromatic carbocycles. The molecule has 1 N–H and O–H groups in total. The van der Waals surface area contributed by atoms with Crippen molar-refractivity contribution >= 4 is 15.9 Å². The summed E-state index contributed by atoms with van der Waals surface area (Å²) in [5.41, 5.74) is 3.75. The number of hydrogen-bond donors (Lipinski definition) is 1. The lowest BCUT2D eigenvalue weighted by molar-refractivity contribution is 0.520. The molecule has 108 valence electrons. The summed E-state index contributed by atoms with van der Waals surface area (Å²) in [7, 11) is 2.03. The largest absolute Gasteiger partial charge is 0.316 e. The van der Waals surface area contributed by atoms with Gasteiger partial charge in [-0.15, -0.1) is 0 Å². The number of hydrogen-bond acceptors (Lipinski definition) is 2.